The summed E-state index contributed by atoms with van der Waals surface area (Å²) in [6.07, 6.45) is 5.53. The first kappa shape index (κ1) is 16.6. The number of aromatic nitrogens is 2. The summed E-state index contributed by atoms with van der Waals surface area (Å²) >= 11 is 1.70. The molecule has 0 saturated carbocycles. The number of carbonyl (C=O) groups excluding carboxylic acids is 1. The molecule has 0 radical (unpaired) electrons. The highest BCUT2D eigenvalue weighted by molar-refractivity contribution is 8.00. The van der Waals surface area contributed by atoms with Gasteiger partial charge in [0.25, 0.3) is 0 Å². The van der Waals surface area contributed by atoms with E-state index in [1.54, 1.807) is 22.6 Å². The van der Waals surface area contributed by atoms with Crippen LogP contribution in [0.25, 0.3) is 0 Å². The van der Waals surface area contributed by atoms with Gasteiger partial charge in [0.05, 0.1) is 28.8 Å². The number of aryl methyl sites for hydroxylation is 1. The third-order valence-corrected chi connectivity index (χ3v) is 5.72. The molecule has 0 aliphatic carbocycles. The molecule has 24 heavy (non-hydrogen) atoms. The first-order valence-corrected chi connectivity index (χ1v) is 8.98. The normalized spacial score (nSPS) is 19.1. The van der Waals surface area contributed by atoms with Gasteiger partial charge in [0.2, 0.25) is 5.91 Å². The van der Waals surface area contributed by atoms with Crippen LogP contribution in [0.1, 0.15) is 36.1 Å². The summed E-state index contributed by atoms with van der Waals surface area (Å²) in [5.74, 6) is 0.166. The molecule has 3 rings (SSSR count). The summed E-state index contributed by atoms with van der Waals surface area (Å²) in [6, 6.07) is 9.74. The van der Waals surface area contributed by atoms with E-state index in [-0.39, 0.29) is 16.4 Å². The summed E-state index contributed by atoms with van der Waals surface area (Å²) in [7, 11) is 1.86. The maximum Gasteiger partial charge on any atom is 0.240 e. The summed E-state index contributed by atoms with van der Waals surface area (Å²) in [5, 5.41) is 13.2. The van der Waals surface area contributed by atoms with Crippen molar-refractivity contribution in [3.05, 3.63) is 47.8 Å². The van der Waals surface area contributed by atoms with Crippen molar-refractivity contribution >= 4 is 23.4 Å². The minimum Gasteiger partial charge on any atom is -0.309 e. The number of rotatable bonds is 4. The van der Waals surface area contributed by atoms with Crippen LogP contribution in [0.2, 0.25) is 0 Å². The maximum absolute atomic E-state index is 12.8. The lowest BCUT2D eigenvalue weighted by Gasteiger charge is -2.32. The van der Waals surface area contributed by atoms with E-state index in [0.29, 0.717) is 5.56 Å². The Morgan fingerprint density at radius 3 is 2.75 bits per heavy atom. The van der Waals surface area contributed by atoms with Crippen LogP contribution < -0.4 is 4.90 Å². The predicted octanol–water partition coefficient (Wildman–Crippen LogP) is 3.28. The zero-order valence-electron chi connectivity index (χ0n) is 13.8. The second-order valence-corrected chi connectivity index (χ2v) is 7.55. The predicted molar refractivity (Wildman–Crippen MR) is 95.7 cm³/mol. The topological polar surface area (TPSA) is 61.9 Å². The molecule has 1 fully saturated rings. The molecule has 0 spiro atoms. The summed E-state index contributed by atoms with van der Waals surface area (Å²) < 4.78 is 1.72. The molecule has 0 bridgehead atoms. The first-order chi connectivity index (χ1) is 11.6. The van der Waals surface area contributed by atoms with Gasteiger partial charge in [-0.1, -0.05) is 12.1 Å². The van der Waals surface area contributed by atoms with E-state index >= 15 is 0 Å². The van der Waals surface area contributed by atoms with Gasteiger partial charge in [-0.25, -0.2) is 0 Å². The van der Waals surface area contributed by atoms with E-state index < -0.39 is 0 Å². The SMILES string of the molecule is CC(SC1CCCN(c2cnn(C)c2)C1=O)c1ccc(C#N)cc1. The molecule has 124 valence electrons. The molecule has 2 atom stereocenters. The quantitative estimate of drug-likeness (QED) is 0.857. The Morgan fingerprint density at radius 1 is 1.38 bits per heavy atom. The van der Waals surface area contributed by atoms with E-state index in [1.807, 2.05) is 42.4 Å². The minimum absolute atomic E-state index is 0.0374. The molecule has 1 aliphatic rings. The number of anilines is 1. The van der Waals surface area contributed by atoms with Crippen LogP contribution >= 0.6 is 11.8 Å². The number of carbonyl (C=O) groups is 1. The lowest BCUT2D eigenvalue weighted by Crippen LogP contribution is -2.43. The van der Waals surface area contributed by atoms with Gasteiger partial charge in [-0.05, 0) is 37.5 Å². The summed E-state index contributed by atoms with van der Waals surface area (Å²) in [4.78, 5) is 14.7. The number of piperidine rings is 1. The highest BCUT2D eigenvalue weighted by atomic mass is 32.2. The average Bonchev–Trinajstić information content (AvgIpc) is 3.03. The van der Waals surface area contributed by atoms with Crippen molar-refractivity contribution in [1.82, 2.24) is 9.78 Å². The van der Waals surface area contributed by atoms with Crippen LogP contribution in [0.3, 0.4) is 0 Å². The Hall–Kier alpha value is -2.26. The van der Waals surface area contributed by atoms with Gasteiger partial charge in [-0.2, -0.15) is 10.4 Å². The number of benzene rings is 1. The van der Waals surface area contributed by atoms with Crippen molar-refractivity contribution in [2.24, 2.45) is 7.05 Å². The molecular weight excluding hydrogens is 320 g/mol. The Kier molecular flexibility index (Phi) is 4.91. The van der Waals surface area contributed by atoms with Crippen molar-refractivity contribution in [2.45, 2.75) is 30.3 Å². The van der Waals surface area contributed by atoms with E-state index in [4.69, 9.17) is 5.26 Å². The smallest absolute Gasteiger partial charge is 0.240 e. The van der Waals surface area contributed by atoms with E-state index in [9.17, 15) is 4.79 Å². The fourth-order valence-corrected chi connectivity index (χ4v) is 4.28. The molecule has 2 heterocycles. The standard InChI is InChI=1S/C18H20N4OS/c1-13(15-7-5-14(10-19)6-8-15)24-17-4-3-9-22(18(17)23)16-11-20-21(2)12-16/h5-8,11-13,17H,3-4,9H2,1-2H3. The lowest BCUT2D eigenvalue weighted by atomic mass is 10.1. The van der Waals surface area contributed by atoms with Crippen LogP contribution in [0.15, 0.2) is 36.7 Å². The summed E-state index contributed by atoms with van der Waals surface area (Å²) in [5.41, 5.74) is 2.68. The van der Waals surface area contributed by atoms with E-state index in [2.05, 4.69) is 18.1 Å². The molecule has 2 aromatic rings. The molecule has 2 unspecified atom stereocenters. The zero-order valence-corrected chi connectivity index (χ0v) is 14.7. The molecule has 1 aromatic heterocycles. The van der Waals surface area contributed by atoms with Crippen LogP contribution in [-0.2, 0) is 11.8 Å². The van der Waals surface area contributed by atoms with Crippen LogP contribution in [0.5, 0.6) is 0 Å². The third-order valence-electron chi connectivity index (χ3n) is 4.27. The number of amides is 1. The molecule has 5 nitrogen and oxygen atoms in total. The lowest BCUT2D eigenvalue weighted by molar-refractivity contribution is -0.119. The van der Waals surface area contributed by atoms with Crippen LogP contribution in [0, 0.1) is 11.3 Å². The monoisotopic (exact) mass is 340 g/mol. The van der Waals surface area contributed by atoms with Gasteiger partial charge in [-0.3, -0.25) is 9.48 Å². The van der Waals surface area contributed by atoms with E-state index in [1.165, 1.54) is 0 Å². The van der Waals surface area contributed by atoms with Crippen molar-refractivity contribution in [3.63, 3.8) is 0 Å². The van der Waals surface area contributed by atoms with Crippen LogP contribution in [-0.4, -0.2) is 27.5 Å². The van der Waals surface area contributed by atoms with Gasteiger partial charge >= 0.3 is 0 Å². The highest BCUT2D eigenvalue weighted by Gasteiger charge is 2.32. The Bertz CT molecular complexity index is 762. The maximum atomic E-state index is 12.8. The highest BCUT2D eigenvalue weighted by Crippen LogP contribution is 2.37. The Balaban J connectivity index is 1.69. The van der Waals surface area contributed by atoms with Gasteiger partial charge < -0.3 is 4.90 Å². The largest absolute Gasteiger partial charge is 0.309 e. The average molecular weight is 340 g/mol. The summed E-state index contributed by atoms with van der Waals surface area (Å²) in [6.45, 7) is 2.87. The third kappa shape index (κ3) is 3.46. The van der Waals surface area contributed by atoms with E-state index in [0.717, 1.165) is 30.6 Å². The second-order valence-electron chi connectivity index (χ2n) is 6.01. The Labute approximate surface area is 146 Å². The van der Waals surface area contributed by atoms with Crippen molar-refractivity contribution in [3.8, 4) is 6.07 Å². The minimum atomic E-state index is -0.0374. The van der Waals surface area contributed by atoms with Crippen molar-refractivity contribution in [2.75, 3.05) is 11.4 Å². The van der Waals surface area contributed by atoms with Crippen LogP contribution in [0.4, 0.5) is 5.69 Å². The fraction of sp³-hybridized carbons (Fsp3) is 0.389. The van der Waals surface area contributed by atoms with Gasteiger partial charge in [0.15, 0.2) is 0 Å². The van der Waals surface area contributed by atoms with Crippen molar-refractivity contribution < 1.29 is 4.79 Å². The molecule has 0 N–H and O–H groups in total. The van der Waals surface area contributed by atoms with Gasteiger partial charge in [-0.15, -0.1) is 11.8 Å². The number of nitrogens with zero attached hydrogens (tertiary/aromatic N) is 4. The second kappa shape index (κ2) is 7.10. The number of nitriles is 1. The van der Waals surface area contributed by atoms with Crippen molar-refractivity contribution in [1.29, 1.82) is 5.26 Å². The first-order valence-electron chi connectivity index (χ1n) is 8.04. The number of hydrogen-bond donors (Lipinski definition) is 0. The number of thioether (sulfide) groups is 1. The zero-order chi connectivity index (χ0) is 17.1. The fourth-order valence-electron chi connectivity index (χ4n) is 2.93. The molecule has 1 saturated heterocycles. The molecule has 1 aliphatic heterocycles. The molecule has 6 heteroatoms. The molecular formula is C18H20N4OS. The Morgan fingerprint density at radius 2 is 2.12 bits per heavy atom. The molecule has 1 aromatic carbocycles. The van der Waals surface area contributed by atoms with Gasteiger partial charge in [0.1, 0.15) is 0 Å². The molecule has 1 amide bonds. The number of hydrogen-bond acceptors (Lipinski definition) is 4. The van der Waals surface area contributed by atoms with Gasteiger partial charge in [0, 0.05) is 25.0 Å².